The van der Waals surface area contributed by atoms with Crippen molar-refractivity contribution >= 4 is 33.8 Å². The quantitative estimate of drug-likeness (QED) is 0.495. The number of imidazole rings is 1. The highest BCUT2D eigenvalue weighted by molar-refractivity contribution is 6.01. The Bertz CT molecular complexity index is 1240. The molecule has 2 N–H and O–H groups in total. The first-order valence-corrected chi connectivity index (χ1v) is 10.5. The van der Waals surface area contributed by atoms with Gasteiger partial charge in [0.15, 0.2) is 5.82 Å². The van der Waals surface area contributed by atoms with E-state index in [4.69, 9.17) is 4.74 Å². The van der Waals surface area contributed by atoms with E-state index in [1.807, 2.05) is 36.4 Å². The predicted molar refractivity (Wildman–Crippen MR) is 116 cm³/mol. The number of amides is 1. The van der Waals surface area contributed by atoms with Crippen LogP contribution in [0.5, 0.6) is 0 Å². The molecule has 0 radical (unpaired) electrons. The molecule has 0 aliphatic carbocycles. The number of esters is 1. The van der Waals surface area contributed by atoms with Gasteiger partial charge < -0.3 is 14.6 Å². The fraction of sp³-hybridized carbons (Fsp3) is 0.304. The van der Waals surface area contributed by atoms with Gasteiger partial charge in [-0.3, -0.25) is 14.7 Å². The SMILES string of the molecule is CCOC(=O)C1CCCN(C(=O)c2ccc3c(-c4nc5ccccc5[nH]4)n[nH]c3c2)C1. The summed E-state index contributed by atoms with van der Waals surface area (Å²) in [6, 6.07) is 13.3. The van der Waals surface area contributed by atoms with Crippen molar-refractivity contribution in [2.45, 2.75) is 19.8 Å². The maximum absolute atomic E-state index is 13.1. The van der Waals surface area contributed by atoms with Crippen LogP contribution < -0.4 is 0 Å². The molecule has 158 valence electrons. The fourth-order valence-corrected chi connectivity index (χ4v) is 4.19. The lowest BCUT2D eigenvalue weighted by molar-refractivity contribution is -0.149. The molecular formula is C23H23N5O3. The standard InChI is InChI=1S/C23H23N5O3/c1-2-31-23(30)15-6-5-11-28(13-15)22(29)14-9-10-16-19(12-14)26-27-20(16)21-24-17-7-3-4-8-18(17)25-21/h3-4,7-10,12,15H,2,5-6,11,13H2,1H3,(H,24,25)(H,26,27). The molecule has 2 aromatic carbocycles. The number of carbonyl (C=O) groups excluding carboxylic acids is 2. The summed E-state index contributed by atoms with van der Waals surface area (Å²) in [6.45, 7) is 3.18. The summed E-state index contributed by atoms with van der Waals surface area (Å²) in [5.41, 5.74) is 3.87. The van der Waals surface area contributed by atoms with E-state index in [0.717, 1.165) is 34.8 Å². The van der Waals surface area contributed by atoms with E-state index < -0.39 is 0 Å². The van der Waals surface area contributed by atoms with Crippen LogP contribution in [-0.4, -0.2) is 56.6 Å². The Balaban J connectivity index is 1.40. The minimum Gasteiger partial charge on any atom is -0.466 e. The van der Waals surface area contributed by atoms with E-state index in [9.17, 15) is 9.59 Å². The van der Waals surface area contributed by atoms with Gasteiger partial charge >= 0.3 is 5.97 Å². The van der Waals surface area contributed by atoms with E-state index in [2.05, 4.69) is 20.2 Å². The van der Waals surface area contributed by atoms with Gasteiger partial charge in [-0.05, 0) is 50.1 Å². The van der Waals surface area contributed by atoms with Gasteiger partial charge in [-0.25, -0.2) is 4.98 Å². The van der Waals surface area contributed by atoms with Crippen LogP contribution in [0.3, 0.4) is 0 Å². The summed E-state index contributed by atoms with van der Waals surface area (Å²) in [5.74, 6) is 0.114. The highest BCUT2D eigenvalue weighted by Crippen LogP contribution is 2.28. The molecule has 2 aromatic heterocycles. The molecule has 1 aliphatic rings. The van der Waals surface area contributed by atoms with Crippen molar-refractivity contribution in [3.8, 4) is 11.5 Å². The topological polar surface area (TPSA) is 104 Å². The van der Waals surface area contributed by atoms with Crippen LogP contribution in [0.25, 0.3) is 33.5 Å². The van der Waals surface area contributed by atoms with Crippen molar-refractivity contribution in [1.82, 2.24) is 25.1 Å². The van der Waals surface area contributed by atoms with Crippen molar-refractivity contribution in [3.63, 3.8) is 0 Å². The van der Waals surface area contributed by atoms with Crippen molar-refractivity contribution in [2.24, 2.45) is 5.92 Å². The first kappa shape index (κ1) is 19.3. The number of hydrogen-bond acceptors (Lipinski definition) is 5. The number of nitrogens with zero attached hydrogens (tertiary/aromatic N) is 3. The molecule has 5 rings (SSSR count). The van der Waals surface area contributed by atoms with Crippen molar-refractivity contribution in [2.75, 3.05) is 19.7 Å². The van der Waals surface area contributed by atoms with E-state index >= 15 is 0 Å². The fourth-order valence-electron chi connectivity index (χ4n) is 4.19. The lowest BCUT2D eigenvalue weighted by Gasteiger charge is -2.31. The third-order valence-electron chi connectivity index (χ3n) is 5.75. The molecule has 0 spiro atoms. The Morgan fingerprint density at radius 2 is 2.06 bits per heavy atom. The Hall–Kier alpha value is -3.68. The molecule has 1 amide bonds. The predicted octanol–water partition coefficient (Wildman–Crippen LogP) is 3.52. The van der Waals surface area contributed by atoms with Gasteiger partial charge in [0.25, 0.3) is 5.91 Å². The summed E-state index contributed by atoms with van der Waals surface area (Å²) in [5, 5.41) is 8.33. The molecular weight excluding hydrogens is 394 g/mol. The molecule has 1 saturated heterocycles. The number of carbonyl (C=O) groups is 2. The minimum absolute atomic E-state index is 0.0872. The zero-order valence-corrected chi connectivity index (χ0v) is 17.2. The van der Waals surface area contributed by atoms with Crippen molar-refractivity contribution in [1.29, 1.82) is 0 Å². The zero-order chi connectivity index (χ0) is 21.4. The average molecular weight is 417 g/mol. The highest BCUT2D eigenvalue weighted by Gasteiger charge is 2.30. The second-order valence-electron chi connectivity index (χ2n) is 7.78. The molecule has 0 bridgehead atoms. The van der Waals surface area contributed by atoms with Crippen molar-refractivity contribution in [3.05, 3.63) is 48.0 Å². The number of aromatic amines is 2. The van der Waals surface area contributed by atoms with Crippen LogP contribution in [0.15, 0.2) is 42.5 Å². The summed E-state index contributed by atoms with van der Waals surface area (Å²) in [7, 11) is 0. The summed E-state index contributed by atoms with van der Waals surface area (Å²) in [4.78, 5) is 34.8. The van der Waals surface area contributed by atoms with Crippen LogP contribution in [0.1, 0.15) is 30.1 Å². The minimum atomic E-state index is -0.256. The van der Waals surface area contributed by atoms with Gasteiger partial charge in [0.2, 0.25) is 0 Å². The number of H-pyrrole nitrogens is 2. The van der Waals surface area contributed by atoms with Gasteiger partial charge in [0, 0.05) is 24.0 Å². The molecule has 1 aliphatic heterocycles. The number of piperidine rings is 1. The number of rotatable bonds is 4. The molecule has 31 heavy (non-hydrogen) atoms. The number of benzene rings is 2. The number of ether oxygens (including phenoxy) is 1. The first-order chi connectivity index (χ1) is 15.1. The molecule has 1 fully saturated rings. The number of hydrogen-bond donors (Lipinski definition) is 2. The van der Waals surface area contributed by atoms with Crippen LogP contribution in [0.4, 0.5) is 0 Å². The maximum atomic E-state index is 13.1. The Morgan fingerprint density at radius 1 is 1.19 bits per heavy atom. The molecule has 1 unspecified atom stereocenters. The number of nitrogens with one attached hydrogen (secondary N) is 2. The van der Waals surface area contributed by atoms with E-state index in [1.54, 1.807) is 17.9 Å². The van der Waals surface area contributed by atoms with Crippen LogP contribution in [0.2, 0.25) is 0 Å². The number of aromatic nitrogens is 4. The van der Waals surface area contributed by atoms with E-state index in [-0.39, 0.29) is 17.8 Å². The van der Waals surface area contributed by atoms with E-state index in [0.29, 0.717) is 36.8 Å². The Kier molecular flexibility index (Phi) is 4.89. The normalized spacial score (nSPS) is 16.7. The highest BCUT2D eigenvalue weighted by atomic mass is 16.5. The molecule has 0 saturated carbocycles. The molecule has 1 atom stereocenters. The monoisotopic (exact) mass is 417 g/mol. The Labute approximate surface area is 178 Å². The Morgan fingerprint density at radius 3 is 2.90 bits per heavy atom. The maximum Gasteiger partial charge on any atom is 0.310 e. The van der Waals surface area contributed by atoms with Crippen LogP contribution in [0, 0.1) is 5.92 Å². The largest absolute Gasteiger partial charge is 0.466 e. The number of para-hydroxylation sites is 2. The smallest absolute Gasteiger partial charge is 0.310 e. The number of likely N-dealkylation sites (tertiary alicyclic amines) is 1. The molecule has 8 nitrogen and oxygen atoms in total. The average Bonchev–Trinajstić information content (AvgIpc) is 3.42. The zero-order valence-electron chi connectivity index (χ0n) is 17.2. The second-order valence-corrected chi connectivity index (χ2v) is 7.78. The summed E-state index contributed by atoms with van der Waals surface area (Å²) in [6.07, 6.45) is 1.54. The first-order valence-electron chi connectivity index (χ1n) is 10.5. The van der Waals surface area contributed by atoms with Gasteiger partial charge in [0.05, 0.1) is 29.1 Å². The van der Waals surface area contributed by atoms with Crippen LogP contribution in [-0.2, 0) is 9.53 Å². The lowest BCUT2D eigenvalue weighted by Crippen LogP contribution is -2.42. The second kappa shape index (κ2) is 7.86. The third-order valence-corrected chi connectivity index (χ3v) is 5.75. The van der Waals surface area contributed by atoms with Gasteiger partial charge in [-0.2, -0.15) is 5.10 Å². The lowest BCUT2D eigenvalue weighted by atomic mass is 9.97. The molecule has 3 heterocycles. The van der Waals surface area contributed by atoms with Gasteiger partial charge in [-0.15, -0.1) is 0 Å². The van der Waals surface area contributed by atoms with Gasteiger partial charge in [0.1, 0.15) is 5.69 Å². The molecule has 4 aromatic rings. The van der Waals surface area contributed by atoms with Gasteiger partial charge in [-0.1, -0.05) is 12.1 Å². The van der Waals surface area contributed by atoms with Crippen molar-refractivity contribution < 1.29 is 14.3 Å². The third kappa shape index (κ3) is 3.54. The summed E-state index contributed by atoms with van der Waals surface area (Å²) < 4.78 is 5.14. The summed E-state index contributed by atoms with van der Waals surface area (Å²) >= 11 is 0. The number of fused-ring (bicyclic) bond motifs is 2. The van der Waals surface area contributed by atoms with E-state index in [1.165, 1.54) is 0 Å². The molecule has 8 heteroatoms. The van der Waals surface area contributed by atoms with Crippen LogP contribution >= 0.6 is 0 Å².